The molecule has 4 rings (SSSR count). The van der Waals surface area contributed by atoms with Crippen molar-refractivity contribution in [2.24, 2.45) is 0 Å². The summed E-state index contributed by atoms with van der Waals surface area (Å²) in [5.41, 5.74) is 2.20. The number of nitrogens with zero attached hydrogens (tertiary/aromatic N) is 3. The number of amides is 2. The Morgan fingerprint density at radius 3 is 2.79 bits per heavy atom. The molecule has 0 saturated heterocycles. The lowest BCUT2D eigenvalue weighted by Gasteiger charge is -2.25. The first-order valence-corrected chi connectivity index (χ1v) is 9.85. The van der Waals surface area contributed by atoms with Crippen molar-refractivity contribution in [2.75, 3.05) is 11.9 Å². The Balaban J connectivity index is 1.43. The normalized spacial score (nSPS) is 14.5. The van der Waals surface area contributed by atoms with Crippen molar-refractivity contribution in [3.63, 3.8) is 0 Å². The largest absolute Gasteiger partial charge is 0.387 e. The fourth-order valence-corrected chi connectivity index (χ4v) is 3.61. The van der Waals surface area contributed by atoms with Gasteiger partial charge in [0.05, 0.1) is 18.3 Å². The lowest BCUT2D eigenvalue weighted by Crippen LogP contribution is -2.39. The molecule has 144 valence electrons. The van der Waals surface area contributed by atoms with Gasteiger partial charge in [0.1, 0.15) is 5.82 Å². The smallest absolute Gasteiger partial charge is 0.323 e. The summed E-state index contributed by atoms with van der Waals surface area (Å²) in [5, 5.41) is 15.6. The third kappa shape index (κ3) is 4.35. The number of hydrogen-bond donors (Lipinski definition) is 2. The fraction of sp³-hybridized carbons (Fsp3) is 0.250. The Labute approximate surface area is 165 Å². The minimum Gasteiger partial charge on any atom is -0.387 e. The molecule has 2 N–H and O–H groups in total. The molecule has 0 aliphatic heterocycles. The SMILES string of the molecule is O=C(Nc1nc(-c2cccnc2)cs1)N(CC(O)c1ccc(F)cc1)C1CC1. The molecule has 0 bridgehead atoms. The van der Waals surface area contributed by atoms with Crippen LogP contribution in [0, 0.1) is 5.82 Å². The maximum absolute atomic E-state index is 13.1. The molecular weight excluding hydrogens is 379 g/mol. The van der Waals surface area contributed by atoms with E-state index in [0.717, 1.165) is 24.1 Å². The quantitative estimate of drug-likeness (QED) is 0.656. The van der Waals surface area contributed by atoms with Crippen LogP contribution < -0.4 is 5.32 Å². The van der Waals surface area contributed by atoms with Gasteiger partial charge in [-0.15, -0.1) is 11.3 Å². The van der Waals surface area contributed by atoms with Crippen LogP contribution in [0.2, 0.25) is 0 Å². The van der Waals surface area contributed by atoms with Crippen LogP contribution >= 0.6 is 11.3 Å². The summed E-state index contributed by atoms with van der Waals surface area (Å²) in [6, 6.07) is 9.21. The first-order chi connectivity index (χ1) is 13.6. The van der Waals surface area contributed by atoms with Crippen LogP contribution in [-0.2, 0) is 0 Å². The van der Waals surface area contributed by atoms with Crippen LogP contribution in [0.1, 0.15) is 24.5 Å². The molecule has 3 aromatic rings. The number of pyridine rings is 1. The monoisotopic (exact) mass is 398 g/mol. The van der Waals surface area contributed by atoms with Gasteiger partial charge in [-0.1, -0.05) is 12.1 Å². The second-order valence-corrected chi connectivity index (χ2v) is 7.52. The molecule has 6 nitrogen and oxygen atoms in total. The van der Waals surface area contributed by atoms with Gasteiger partial charge in [-0.2, -0.15) is 0 Å². The van der Waals surface area contributed by atoms with Crippen LogP contribution in [0.15, 0.2) is 54.2 Å². The van der Waals surface area contributed by atoms with Gasteiger partial charge in [0.25, 0.3) is 0 Å². The number of carbonyl (C=O) groups excluding carboxylic acids is 1. The topological polar surface area (TPSA) is 78.4 Å². The minimum atomic E-state index is -0.880. The van der Waals surface area contributed by atoms with E-state index in [-0.39, 0.29) is 24.4 Å². The highest BCUT2D eigenvalue weighted by Gasteiger charge is 2.34. The van der Waals surface area contributed by atoms with Crippen molar-refractivity contribution in [3.05, 3.63) is 65.6 Å². The molecule has 1 fully saturated rings. The van der Waals surface area contributed by atoms with Crippen molar-refractivity contribution >= 4 is 22.5 Å². The van der Waals surface area contributed by atoms with E-state index in [1.807, 2.05) is 17.5 Å². The number of nitrogens with one attached hydrogen (secondary N) is 1. The molecule has 1 aliphatic carbocycles. The highest BCUT2D eigenvalue weighted by Crippen LogP contribution is 2.30. The number of halogens is 1. The summed E-state index contributed by atoms with van der Waals surface area (Å²) < 4.78 is 13.1. The van der Waals surface area contributed by atoms with Gasteiger partial charge in [-0.3, -0.25) is 10.3 Å². The zero-order chi connectivity index (χ0) is 19.5. The van der Waals surface area contributed by atoms with Crippen molar-refractivity contribution in [1.29, 1.82) is 0 Å². The van der Waals surface area contributed by atoms with E-state index < -0.39 is 6.10 Å². The van der Waals surface area contributed by atoms with E-state index in [2.05, 4.69) is 15.3 Å². The standard InChI is InChI=1S/C20H19FN4O2S/c21-15-5-3-13(4-6-15)18(26)11-25(16-7-8-16)20(27)24-19-23-17(12-28-19)14-2-1-9-22-10-14/h1-6,9-10,12,16,18,26H,7-8,11H2,(H,23,24,27). The maximum atomic E-state index is 13.1. The number of rotatable bonds is 6. The molecule has 28 heavy (non-hydrogen) atoms. The van der Waals surface area contributed by atoms with Crippen LogP contribution in [-0.4, -0.2) is 38.6 Å². The maximum Gasteiger partial charge on any atom is 0.323 e. The number of hydrogen-bond acceptors (Lipinski definition) is 5. The van der Waals surface area contributed by atoms with Crippen molar-refractivity contribution in [3.8, 4) is 11.3 Å². The van der Waals surface area contributed by atoms with Crippen LogP contribution in [0.3, 0.4) is 0 Å². The van der Waals surface area contributed by atoms with Crippen LogP contribution in [0.5, 0.6) is 0 Å². The van der Waals surface area contributed by atoms with Gasteiger partial charge < -0.3 is 10.0 Å². The number of anilines is 1. The number of benzene rings is 1. The van der Waals surface area contributed by atoms with E-state index in [0.29, 0.717) is 10.7 Å². The van der Waals surface area contributed by atoms with Gasteiger partial charge in [-0.25, -0.2) is 14.2 Å². The predicted molar refractivity (Wildman–Crippen MR) is 105 cm³/mol. The van der Waals surface area contributed by atoms with E-state index in [1.54, 1.807) is 17.3 Å². The fourth-order valence-electron chi connectivity index (χ4n) is 2.90. The summed E-state index contributed by atoms with van der Waals surface area (Å²) in [4.78, 5) is 22.9. The highest BCUT2D eigenvalue weighted by molar-refractivity contribution is 7.14. The van der Waals surface area contributed by atoms with E-state index in [1.165, 1.54) is 35.6 Å². The molecule has 2 heterocycles. The zero-order valence-electron chi connectivity index (χ0n) is 15.0. The van der Waals surface area contributed by atoms with Gasteiger partial charge in [0, 0.05) is 29.4 Å². The number of thiazole rings is 1. The number of aromatic nitrogens is 2. The van der Waals surface area contributed by atoms with E-state index in [4.69, 9.17) is 0 Å². The summed E-state index contributed by atoms with van der Waals surface area (Å²) in [5.74, 6) is -0.360. The number of urea groups is 1. The molecule has 2 aromatic heterocycles. The average Bonchev–Trinajstić information content (AvgIpc) is 3.45. The summed E-state index contributed by atoms with van der Waals surface area (Å²) >= 11 is 1.34. The summed E-state index contributed by atoms with van der Waals surface area (Å²) in [6.07, 6.45) is 4.34. The van der Waals surface area contributed by atoms with Gasteiger partial charge in [0.15, 0.2) is 5.13 Å². The van der Waals surface area contributed by atoms with Gasteiger partial charge >= 0.3 is 6.03 Å². The molecule has 0 spiro atoms. The Bertz CT molecular complexity index is 944. The van der Waals surface area contributed by atoms with Crippen molar-refractivity contribution in [2.45, 2.75) is 25.0 Å². The van der Waals surface area contributed by atoms with Crippen LogP contribution in [0.4, 0.5) is 14.3 Å². The average molecular weight is 398 g/mol. The third-order valence-corrected chi connectivity index (χ3v) is 5.31. The predicted octanol–water partition coefficient (Wildman–Crippen LogP) is 4.07. The highest BCUT2D eigenvalue weighted by atomic mass is 32.1. The Hall–Kier alpha value is -2.84. The van der Waals surface area contributed by atoms with Gasteiger partial charge in [0.2, 0.25) is 0 Å². The summed E-state index contributed by atoms with van der Waals surface area (Å²) in [6.45, 7) is 0.142. The second-order valence-electron chi connectivity index (χ2n) is 6.66. The number of aliphatic hydroxyl groups excluding tert-OH is 1. The lowest BCUT2D eigenvalue weighted by atomic mass is 10.1. The molecule has 1 aliphatic rings. The molecular formula is C20H19FN4O2S. The molecule has 1 atom stereocenters. The molecule has 1 unspecified atom stereocenters. The Morgan fingerprint density at radius 1 is 1.32 bits per heavy atom. The molecule has 1 aromatic carbocycles. The number of carbonyl (C=O) groups is 1. The van der Waals surface area contributed by atoms with Gasteiger partial charge in [-0.05, 0) is 42.7 Å². The lowest BCUT2D eigenvalue weighted by molar-refractivity contribution is 0.123. The third-order valence-electron chi connectivity index (χ3n) is 4.55. The molecule has 8 heteroatoms. The molecule has 1 saturated carbocycles. The molecule has 2 amide bonds. The molecule has 0 radical (unpaired) electrons. The van der Waals surface area contributed by atoms with Crippen molar-refractivity contribution < 1.29 is 14.3 Å². The van der Waals surface area contributed by atoms with Crippen molar-refractivity contribution in [1.82, 2.24) is 14.9 Å². The first-order valence-electron chi connectivity index (χ1n) is 8.97. The minimum absolute atomic E-state index is 0.104. The Morgan fingerprint density at radius 2 is 2.11 bits per heavy atom. The zero-order valence-corrected chi connectivity index (χ0v) is 15.8. The number of aliphatic hydroxyl groups is 1. The second kappa shape index (κ2) is 8.04. The van der Waals surface area contributed by atoms with Crippen LogP contribution in [0.25, 0.3) is 11.3 Å². The summed E-state index contributed by atoms with van der Waals surface area (Å²) in [7, 11) is 0. The van der Waals surface area contributed by atoms with E-state index >= 15 is 0 Å². The first kappa shape index (κ1) is 18.5. The van der Waals surface area contributed by atoms with E-state index in [9.17, 15) is 14.3 Å². The Kier molecular flexibility index (Phi) is 5.31.